The van der Waals surface area contributed by atoms with Crippen molar-refractivity contribution in [2.24, 2.45) is 0 Å². The first-order valence-corrected chi connectivity index (χ1v) is 24.5. The van der Waals surface area contributed by atoms with Gasteiger partial charge in [0.15, 0.2) is 0 Å². The molecule has 0 rings (SSSR count). The molecule has 0 aromatic heterocycles. The summed E-state index contributed by atoms with van der Waals surface area (Å²) in [5.41, 5.74) is 0. The van der Waals surface area contributed by atoms with E-state index in [-0.39, 0.29) is 19.1 Å². The molecule has 0 saturated heterocycles. The average molecular weight is 810 g/mol. The maximum absolute atomic E-state index is 12.9. The van der Waals surface area contributed by atoms with Crippen molar-refractivity contribution in [3.8, 4) is 0 Å². The molecule has 0 aromatic rings. The number of phosphoric acid groups is 1. The van der Waals surface area contributed by atoms with Gasteiger partial charge in [-0.05, 0) is 57.8 Å². The molecule has 0 aromatic carbocycles. The third-order valence-electron chi connectivity index (χ3n) is 10.0. The van der Waals surface area contributed by atoms with E-state index in [0.29, 0.717) is 17.4 Å². The lowest BCUT2D eigenvalue weighted by molar-refractivity contribution is -0.870. The van der Waals surface area contributed by atoms with Gasteiger partial charge in [-0.15, -0.1) is 0 Å². The van der Waals surface area contributed by atoms with Gasteiger partial charge in [-0.1, -0.05) is 178 Å². The van der Waals surface area contributed by atoms with Crippen molar-refractivity contribution in [2.45, 2.75) is 206 Å². The highest BCUT2D eigenvalue weighted by Crippen LogP contribution is 2.43. The number of hydrogen-bond donors (Lipinski definition) is 3. The molecule has 56 heavy (non-hydrogen) atoms. The molecule has 3 unspecified atom stereocenters. The van der Waals surface area contributed by atoms with E-state index in [2.05, 4.69) is 55.6 Å². The van der Waals surface area contributed by atoms with Crippen molar-refractivity contribution in [3.05, 3.63) is 48.6 Å². The molecule has 8 nitrogen and oxygen atoms in total. The summed E-state index contributed by atoms with van der Waals surface area (Å²) in [5.74, 6) is -0.193. The second-order valence-electron chi connectivity index (χ2n) is 16.8. The lowest BCUT2D eigenvalue weighted by Crippen LogP contribution is -2.45. The zero-order valence-electron chi connectivity index (χ0n) is 37.1. The van der Waals surface area contributed by atoms with Crippen LogP contribution in [0.15, 0.2) is 48.6 Å². The number of rotatable bonds is 41. The molecule has 0 aliphatic heterocycles. The van der Waals surface area contributed by atoms with E-state index in [4.69, 9.17) is 9.05 Å². The predicted molar refractivity (Wildman–Crippen MR) is 240 cm³/mol. The maximum Gasteiger partial charge on any atom is 0.472 e. The van der Waals surface area contributed by atoms with Crippen molar-refractivity contribution in [3.63, 3.8) is 0 Å². The molecular formula is C47H90N2O6P+. The van der Waals surface area contributed by atoms with E-state index >= 15 is 0 Å². The third kappa shape index (κ3) is 40.6. The molecule has 0 saturated carbocycles. The van der Waals surface area contributed by atoms with Gasteiger partial charge in [-0.3, -0.25) is 13.8 Å². The number of nitrogens with zero attached hydrogens (tertiary/aromatic N) is 1. The predicted octanol–water partition coefficient (Wildman–Crippen LogP) is 12.9. The highest BCUT2D eigenvalue weighted by atomic mass is 31.2. The van der Waals surface area contributed by atoms with Crippen molar-refractivity contribution in [1.82, 2.24) is 5.32 Å². The number of amides is 1. The lowest BCUT2D eigenvalue weighted by atomic mass is 10.0. The average Bonchev–Trinajstić information content (AvgIpc) is 3.15. The second-order valence-corrected chi connectivity index (χ2v) is 18.2. The van der Waals surface area contributed by atoms with Gasteiger partial charge < -0.3 is 19.8 Å². The van der Waals surface area contributed by atoms with E-state index in [1.807, 2.05) is 27.2 Å². The number of allylic oxidation sites excluding steroid dienone is 7. The number of aliphatic hydroxyl groups is 1. The Labute approximate surface area is 346 Å². The van der Waals surface area contributed by atoms with Crippen LogP contribution in [0.3, 0.4) is 0 Å². The highest BCUT2D eigenvalue weighted by molar-refractivity contribution is 7.47. The number of aliphatic hydroxyl groups excluding tert-OH is 1. The van der Waals surface area contributed by atoms with Crippen LogP contribution in [0.4, 0.5) is 0 Å². The van der Waals surface area contributed by atoms with Gasteiger partial charge in [0.2, 0.25) is 5.91 Å². The minimum atomic E-state index is -4.35. The smallest absolute Gasteiger partial charge is 0.387 e. The fourth-order valence-corrected chi connectivity index (χ4v) is 7.08. The zero-order valence-corrected chi connectivity index (χ0v) is 38.0. The molecule has 0 fully saturated rings. The second kappa shape index (κ2) is 38.9. The van der Waals surface area contributed by atoms with Gasteiger partial charge in [0, 0.05) is 6.42 Å². The summed E-state index contributed by atoms with van der Waals surface area (Å²) in [6.07, 6.45) is 48.9. The summed E-state index contributed by atoms with van der Waals surface area (Å²) in [6.45, 7) is 4.75. The molecule has 0 aliphatic carbocycles. The molecule has 0 radical (unpaired) electrons. The van der Waals surface area contributed by atoms with Crippen LogP contribution in [-0.2, 0) is 18.4 Å². The molecule has 0 aliphatic rings. The standard InChI is InChI=1S/C47H89N2O6P/c1-6-8-10-12-14-16-18-20-22-23-24-25-27-29-31-33-35-37-39-41-47(51)48-45(44-55-56(52,53)54-43-42-49(3,4)5)46(50)40-38-36-34-32-30-28-26-21-19-17-15-13-11-9-7-2/h14,16,18,20,30,32,38,40,45-46,50H,6-13,15,17,19,21-29,31,33-37,39,41-44H2,1-5H3,(H-,48,51,52,53)/p+1/b16-14-,20-18-,32-30+,40-38+. The van der Waals surface area contributed by atoms with E-state index in [1.165, 1.54) is 135 Å². The van der Waals surface area contributed by atoms with Crippen LogP contribution < -0.4 is 5.32 Å². The van der Waals surface area contributed by atoms with Gasteiger partial charge in [-0.25, -0.2) is 4.57 Å². The number of carbonyl (C=O) groups is 1. The van der Waals surface area contributed by atoms with Crippen molar-refractivity contribution in [1.29, 1.82) is 0 Å². The Morgan fingerprint density at radius 3 is 1.57 bits per heavy atom. The van der Waals surface area contributed by atoms with Gasteiger partial charge in [0.25, 0.3) is 0 Å². The Morgan fingerprint density at radius 1 is 0.607 bits per heavy atom. The fraction of sp³-hybridized carbons (Fsp3) is 0.809. The lowest BCUT2D eigenvalue weighted by Gasteiger charge is -2.25. The summed E-state index contributed by atoms with van der Waals surface area (Å²) in [4.78, 5) is 23.1. The minimum Gasteiger partial charge on any atom is -0.387 e. The Bertz CT molecular complexity index is 1050. The number of phosphoric ester groups is 1. The fourth-order valence-electron chi connectivity index (χ4n) is 6.34. The van der Waals surface area contributed by atoms with Crippen molar-refractivity contribution < 1.29 is 32.9 Å². The SMILES string of the molecule is CCCCC/C=C\C=C/CCCCCCCCCCCCC(=O)NC(COP(=O)(O)OCC[N+](C)(C)C)C(O)/C=C/CC/C=C/CCCCCCCCCCC. The topological polar surface area (TPSA) is 105 Å². The van der Waals surface area contributed by atoms with Crippen LogP contribution in [0.5, 0.6) is 0 Å². The maximum atomic E-state index is 12.9. The highest BCUT2D eigenvalue weighted by Gasteiger charge is 2.27. The number of quaternary nitrogens is 1. The molecule has 0 heterocycles. The summed E-state index contributed by atoms with van der Waals surface area (Å²) in [7, 11) is 1.55. The van der Waals surface area contributed by atoms with E-state index in [9.17, 15) is 19.4 Å². The summed E-state index contributed by atoms with van der Waals surface area (Å²) in [6, 6.07) is -0.864. The molecule has 328 valence electrons. The number of hydrogen-bond acceptors (Lipinski definition) is 5. The van der Waals surface area contributed by atoms with Crippen LogP contribution in [0.2, 0.25) is 0 Å². The Balaban J connectivity index is 4.43. The van der Waals surface area contributed by atoms with Gasteiger partial charge in [-0.2, -0.15) is 0 Å². The van der Waals surface area contributed by atoms with E-state index in [0.717, 1.165) is 38.5 Å². The number of unbranched alkanes of at least 4 members (excludes halogenated alkanes) is 23. The molecular weight excluding hydrogens is 719 g/mol. The van der Waals surface area contributed by atoms with Crippen LogP contribution in [0, 0.1) is 0 Å². The van der Waals surface area contributed by atoms with Crippen LogP contribution in [-0.4, -0.2) is 73.4 Å². The summed E-state index contributed by atoms with van der Waals surface area (Å²) in [5, 5.41) is 13.8. The Morgan fingerprint density at radius 2 is 1.04 bits per heavy atom. The van der Waals surface area contributed by atoms with Crippen molar-refractivity contribution >= 4 is 13.7 Å². The van der Waals surface area contributed by atoms with Crippen LogP contribution in [0.25, 0.3) is 0 Å². The first kappa shape index (κ1) is 54.5. The molecule has 0 spiro atoms. The van der Waals surface area contributed by atoms with E-state index < -0.39 is 20.0 Å². The minimum absolute atomic E-state index is 0.0544. The van der Waals surface area contributed by atoms with Crippen molar-refractivity contribution in [2.75, 3.05) is 40.9 Å². The van der Waals surface area contributed by atoms with Crippen LogP contribution in [0.1, 0.15) is 194 Å². The first-order valence-electron chi connectivity index (χ1n) is 23.0. The van der Waals surface area contributed by atoms with Gasteiger partial charge in [0.05, 0.1) is 39.9 Å². The molecule has 9 heteroatoms. The van der Waals surface area contributed by atoms with Crippen LogP contribution >= 0.6 is 7.82 Å². The number of nitrogens with one attached hydrogen (secondary N) is 1. The largest absolute Gasteiger partial charge is 0.472 e. The zero-order chi connectivity index (χ0) is 41.4. The summed E-state index contributed by atoms with van der Waals surface area (Å²) >= 11 is 0. The first-order chi connectivity index (χ1) is 27.0. The molecule has 0 bridgehead atoms. The number of likely N-dealkylation sites (N-methyl/N-ethyl adjacent to an activating group) is 1. The third-order valence-corrected chi connectivity index (χ3v) is 11.0. The summed E-state index contributed by atoms with van der Waals surface area (Å²) < 4.78 is 23.5. The van der Waals surface area contributed by atoms with E-state index in [1.54, 1.807) is 6.08 Å². The normalized spacial score (nSPS) is 14.8. The molecule has 1 amide bonds. The quantitative estimate of drug-likeness (QED) is 0.0187. The van der Waals surface area contributed by atoms with Gasteiger partial charge >= 0.3 is 7.82 Å². The Kier molecular flexibility index (Phi) is 37.9. The van der Waals surface area contributed by atoms with Gasteiger partial charge in [0.1, 0.15) is 13.2 Å². The molecule has 3 N–H and O–H groups in total. The monoisotopic (exact) mass is 810 g/mol. The Hall–Kier alpha value is -1.54. The molecule has 3 atom stereocenters. The number of carbonyl (C=O) groups excluding carboxylic acids is 1.